The first-order valence-corrected chi connectivity index (χ1v) is 8.92. The molecule has 1 aromatic rings. The SMILES string of the molecule is CCN(CC)CCOC1CCN(C(=O)c2ccc([N+](=O)[O-])cc2)CC1. The molecule has 1 saturated heterocycles. The van der Waals surface area contributed by atoms with Crippen LogP contribution in [0.4, 0.5) is 5.69 Å². The molecule has 0 aliphatic carbocycles. The van der Waals surface area contributed by atoms with E-state index in [9.17, 15) is 14.9 Å². The van der Waals surface area contributed by atoms with Gasteiger partial charge in [-0.05, 0) is 38.1 Å². The second kappa shape index (κ2) is 9.48. The number of nitro benzene ring substituents is 1. The fourth-order valence-electron chi connectivity index (χ4n) is 3.02. The van der Waals surface area contributed by atoms with E-state index in [1.165, 1.54) is 24.3 Å². The zero-order valence-electron chi connectivity index (χ0n) is 15.0. The van der Waals surface area contributed by atoms with Gasteiger partial charge >= 0.3 is 0 Å². The molecule has 138 valence electrons. The molecule has 1 aliphatic heterocycles. The van der Waals surface area contributed by atoms with Crippen LogP contribution in [-0.2, 0) is 4.74 Å². The lowest BCUT2D eigenvalue weighted by atomic mass is 10.1. The molecule has 0 radical (unpaired) electrons. The second-order valence-corrected chi connectivity index (χ2v) is 6.19. The van der Waals surface area contributed by atoms with E-state index in [1.807, 2.05) is 0 Å². The van der Waals surface area contributed by atoms with E-state index in [0.717, 1.165) is 39.1 Å². The first kappa shape index (κ1) is 19.3. The van der Waals surface area contributed by atoms with Crippen LogP contribution in [0.1, 0.15) is 37.0 Å². The summed E-state index contributed by atoms with van der Waals surface area (Å²) in [7, 11) is 0. The van der Waals surface area contributed by atoms with Gasteiger partial charge in [0.25, 0.3) is 11.6 Å². The normalized spacial score (nSPS) is 15.6. The van der Waals surface area contributed by atoms with Crippen LogP contribution in [0.3, 0.4) is 0 Å². The predicted octanol–water partition coefficient (Wildman–Crippen LogP) is 2.56. The highest BCUT2D eigenvalue weighted by molar-refractivity contribution is 5.94. The molecule has 7 heteroatoms. The number of benzene rings is 1. The summed E-state index contributed by atoms with van der Waals surface area (Å²) in [6.45, 7) is 9.33. The third-order valence-electron chi connectivity index (χ3n) is 4.71. The highest BCUT2D eigenvalue weighted by Gasteiger charge is 2.24. The zero-order valence-corrected chi connectivity index (χ0v) is 15.0. The van der Waals surface area contributed by atoms with Crippen LogP contribution in [0, 0.1) is 10.1 Å². The fourth-order valence-corrected chi connectivity index (χ4v) is 3.02. The van der Waals surface area contributed by atoms with Gasteiger partial charge in [-0.3, -0.25) is 14.9 Å². The molecule has 0 spiro atoms. The molecule has 0 N–H and O–H groups in total. The highest BCUT2D eigenvalue weighted by Crippen LogP contribution is 2.18. The number of rotatable bonds is 8. The Balaban J connectivity index is 1.77. The summed E-state index contributed by atoms with van der Waals surface area (Å²) in [4.78, 5) is 26.8. The first-order chi connectivity index (χ1) is 12.0. The second-order valence-electron chi connectivity index (χ2n) is 6.19. The average Bonchev–Trinajstić information content (AvgIpc) is 2.65. The van der Waals surface area contributed by atoms with Crippen LogP contribution in [0.25, 0.3) is 0 Å². The summed E-state index contributed by atoms with van der Waals surface area (Å²) >= 11 is 0. The molecule has 0 atom stereocenters. The average molecular weight is 349 g/mol. The van der Waals surface area contributed by atoms with Gasteiger partial charge < -0.3 is 14.5 Å². The number of ether oxygens (including phenoxy) is 1. The fraction of sp³-hybridized carbons (Fsp3) is 0.611. The molecule has 25 heavy (non-hydrogen) atoms. The van der Waals surface area contributed by atoms with Gasteiger partial charge in [0.05, 0.1) is 17.6 Å². The molecule has 1 fully saturated rings. The number of hydrogen-bond donors (Lipinski definition) is 0. The van der Waals surface area contributed by atoms with Gasteiger partial charge in [-0.2, -0.15) is 0 Å². The Morgan fingerprint density at radius 3 is 2.36 bits per heavy atom. The van der Waals surface area contributed by atoms with E-state index in [1.54, 1.807) is 4.90 Å². The lowest BCUT2D eigenvalue weighted by molar-refractivity contribution is -0.384. The lowest BCUT2D eigenvalue weighted by Crippen LogP contribution is -2.41. The van der Waals surface area contributed by atoms with E-state index >= 15 is 0 Å². The minimum atomic E-state index is -0.463. The number of nitrogens with zero attached hydrogens (tertiary/aromatic N) is 3. The van der Waals surface area contributed by atoms with Gasteiger partial charge in [-0.1, -0.05) is 13.8 Å². The third kappa shape index (κ3) is 5.51. The summed E-state index contributed by atoms with van der Waals surface area (Å²) < 4.78 is 5.94. The molecule has 1 amide bonds. The molecule has 1 aliphatic rings. The van der Waals surface area contributed by atoms with E-state index in [-0.39, 0.29) is 17.7 Å². The summed E-state index contributed by atoms with van der Waals surface area (Å²) in [5, 5.41) is 10.7. The van der Waals surface area contributed by atoms with Crippen molar-refractivity contribution in [3.05, 3.63) is 39.9 Å². The zero-order chi connectivity index (χ0) is 18.2. The van der Waals surface area contributed by atoms with Crippen LogP contribution in [-0.4, -0.2) is 66.1 Å². The van der Waals surface area contributed by atoms with Crippen molar-refractivity contribution in [2.75, 3.05) is 39.3 Å². The Morgan fingerprint density at radius 1 is 1.24 bits per heavy atom. The van der Waals surface area contributed by atoms with Gasteiger partial charge in [-0.25, -0.2) is 0 Å². The molecular formula is C18H27N3O4. The van der Waals surface area contributed by atoms with Gasteiger partial charge in [0, 0.05) is 37.3 Å². The molecule has 0 unspecified atom stereocenters. The number of likely N-dealkylation sites (tertiary alicyclic amines) is 1. The Hall–Kier alpha value is -1.99. The number of carbonyl (C=O) groups excluding carboxylic acids is 1. The molecule has 0 bridgehead atoms. The van der Waals surface area contributed by atoms with Crippen molar-refractivity contribution in [3.8, 4) is 0 Å². The Labute approximate surface area is 148 Å². The van der Waals surface area contributed by atoms with Crippen LogP contribution >= 0.6 is 0 Å². The standard InChI is InChI=1S/C18H27N3O4/c1-3-19(4-2)13-14-25-17-9-11-20(12-10-17)18(22)15-5-7-16(8-6-15)21(23)24/h5-8,17H,3-4,9-14H2,1-2H3. The minimum Gasteiger partial charge on any atom is -0.377 e. The largest absolute Gasteiger partial charge is 0.377 e. The minimum absolute atomic E-state index is 0.00291. The Bertz CT molecular complexity index is 564. The first-order valence-electron chi connectivity index (χ1n) is 8.92. The Morgan fingerprint density at radius 2 is 1.84 bits per heavy atom. The molecule has 2 rings (SSSR count). The van der Waals surface area contributed by atoms with Crippen molar-refractivity contribution < 1.29 is 14.5 Å². The van der Waals surface area contributed by atoms with Crippen molar-refractivity contribution in [2.24, 2.45) is 0 Å². The molecule has 0 aromatic heterocycles. The van der Waals surface area contributed by atoms with Crippen molar-refractivity contribution >= 4 is 11.6 Å². The van der Waals surface area contributed by atoms with Gasteiger partial charge in [0.1, 0.15) is 0 Å². The molecule has 0 saturated carbocycles. The number of likely N-dealkylation sites (N-methyl/N-ethyl adjacent to an activating group) is 1. The highest BCUT2D eigenvalue weighted by atomic mass is 16.6. The molecule has 1 heterocycles. The maximum Gasteiger partial charge on any atom is 0.269 e. The van der Waals surface area contributed by atoms with Gasteiger partial charge in [0.2, 0.25) is 0 Å². The predicted molar refractivity (Wildman–Crippen MR) is 95.8 cm³/mol. The maximum absolute atomic E-state index is 12.5. The quantitative estimate of drug-likeness (QED) is 0.532. The summed E-state index contributed by atoms with van der Waals surface area (Å²) in [6.07, 6.45) is 1.87. The smallest absolute Gasteiger partial charge is 0.269 e. The summed E-state index contributed by atoms with van der Waals surface area (Å²) in [5.41, 5.74) is 0.489. The van der Waals surface area contributed by atoms with Crippen LogP contribution < -0.4 is 0 Å². The van der Waals surface area contributed by atoms with Crippen molar-refractivity contribution in [1.82, 2.24) is 9.80 Å². The Kier molecular flexibility index (Phi) is 7.33. The van der Waals surface area contributed by atoms with Crippen LogP contribution in [0.15, 0.2) is 24.3 Å². The molecule has 7 nitrogen and oxygen atoms in total. The van der Waals surface area contributed by atoms with E-state index in [4.69, 9.17) is 4.74 Å². The summed E-state index contributed by atoms with van der Waals surface area (Å²) in [6, 6.07) is 5.78. The lowest BCUT2D eigenvalue weighted by Gasteiger charge is -2.32. The van der Waals surface area contributed by atoms with Crippen LogP contribution in [0.2, 0.25) is 0 Å². The number of amides is 1. The number of nitro groups is 1. The van der Waals surface area contributed by atoms with E-state index in [0.29, 0.717) is 18.7 Å². The third-order valence-corrected chi connectivity index (χ3v) is 4.71. The number of hydrogen-bond acceptors (Lipinski definition) is 5. The van der Waals surface area contributed by atoms with Gasteiger partial charge in [-0.15, -0.1) is 0 Å². The topological polar surface area (TPSA) is 75.9 Å². The van der Waals surface area contributed by atoms with Crippen LogP contribution in [0.5, 0.6) is 0 Å². The van der Waals surface area contributed by atoms with Crippen molar-refractivity contribution in [2.45, 2.75) is 32.8 Å². The molecule has 1 aromatic carbocycles. The van der Waals surface area contributed by atoms with Crippen molar-refractivity contribution in [3.63, 3.8) is 0 Å². The number of non-ortho nitro benzene ring substituents is 1. The van der Waals surface area contributed by atoms with E-state index < -0.39 is 4.92 Å². The maximum atomic E-state index is 12.5. The number of carbonyl (C=O) groups is 1. The monoisotopic (exact) mass is 349 g/mol. The van der Waals surface area contributed by atoms with Gasteiger partial charge in [0.15, 0.2) is 0 Å². The molecular weight excluding hydrogens is 322 g/mol. The van der Waals surface area contributed by atoms with E-state index in [2.05, 4.69) is 18.7 Å². The number of piperidine rings is 1. The van der Waals surface area contributed by atoms with Crippen molar-refractivity contribution in [1.29, 1.82) is 0 Å². The summed E-state index contributed by atoms with van der Waals surface area (Å²) in [5.74, 6) is -0.0727.